The number of nitrogens with zero attached hydrogens (tertiary/aromatic N) is 1. The number of rotatable bonds is 8. The minimum absolute atomic E-state index is 0.0402. The van der Waals surface area contributed by atoms with Crippen molar-refractivity contribution >= 4 is 23.4 Å². The lowest BCUT2D eigenvalue weighted by Crippen LogP contribution is -2.27. The Kier molecular flexibility index (Phi) is 6.81. The van der Waals surface area contributed by atoms with Crippen LogP contribution in [0.25, 0.3) is 11.3 Å². The van der Waals surface area contributed by atoms with Crippen molar-refractivity contribution in [2.24, 2.45) is 0 Å². The molecule has 24 heavy (non-hydrogen) atoms. The van der Waals surface area contributed by atoms with Crippen LogP contribution in [0.4, 0.5) is 0 Å². The lowest BCUT2D eigenvalue weighted by atomic mass is 10.1. The van der Waals surface area contributed by atoms with Crippen LogP contribution >= 0.6 is 11.6 Å². The zero-order valence-corrected chi connectivity index (χ0v) is 14.2. The second kappa shape index (κ2) is 9.08. The predicted octanol–water partition coefficient (Wildman–Crippen LogP) is 2.57. The summed E-state index contributed by atoms with van der Waals surface area (Å²) < 4.78 is 5.26. The predicted molar refractivity (Wildman–Crippen MR) is 91.6 cm³/mol. The van der Waals surface area contributed by atoms with E-state index in [0.29, 0.717) is 29.6 Å². The van der Waals surface area contributed by atoms with Gasteiger partial charge < -0.3 is 15.2 Å². The molecule has 0 saturated carbocycles. The summed E-state index contributed by atoms with van der Waals surface area (Å²) in [5, 5.41) is 10.1. The standard InChI is InChI=1S/C17H20ClN3O3/c1-12(22)19-8-2-3-9-20-17(23)11-15-10-16(24-21-15)13-4-6-14(18)7-5-13/h4-7,10H,2-3,8-9,11H2,1H3,(H,19,22)(H,20,23). The van der Waals surface area contributed by atoms with Crippen LogP contribution in [0.2, 0.25) is 5.02 Å². The summed E-state index contributed by atoms with van der Waals surface area (Å²) in [6.07, 6.45) is 1.80. The van der Waals surface area contributed by atoms with Crippen molar-refractivity contribution in [2.45, 2.75) is 26.2 Å². The van der Waals surface area contributed by atoms with Gasteiger partial charge in [-0.3, -0.25) is 9.59 Å². The van der Waals surface area contributed by atoms with Crippen molar-refractivity contribution in [3.63, 3.8) is 0 Å². The molecule has 0 fully saturated rings. The number of hydrogen-bond acceptors (Lipinski definition) is 4. The molecule has 1 aromatic heterocycles. The average molecular weight is 350 g/mol. The average Bonchev–Trinajstić information content (AvgIpc) is 2.99. The molecule has 2 aromatic rings. The van der Waals surface area contributed by atoms with Crippen LogP contribution in [-0.4, -0.2) is 30.1 Å². The molecule has 0 radical (unpaired) electrons. The van der Waals surface area contributed by atoms with Gasteiger partial charge in [0.25, 0.3) is 0 Å². The van der Waals surface area contributed by atoms with E-state index >= 15 is 0 Å². The van der Waals surface area contributed by atoms with E-state index in [4.69, 9.17) is 16.1 Å². The van der Waals surface area contributed by atoms with Gasteiger partial charge in [0.05, 0.1) is 12.1 Å². The summed E-state index contributed by atoms with van der Waals surface area (Å²) >= 11 is 5.85. The molecular formula is C17H20ClN3O3. The van der Waals surface area contributed by atoms with E-state index in [0.717, 1.165) is 18.4 Å². The number of benzene rings is 1. The van der Waals surface area contributed by atoms with Crippen LogP contribution in [0.15, 0.2) is 34.9 Å². The molecule has 1 aromatic carbocycles. The highest BCUT2D eigenvalue weighted by Crippen LogP contribution is 2.22. The van der Waals surface area contributed by atoms with Gasteiger partial charge in [0.2, 0.25) is 11.8 Å². The van der Waals surface area contributed by atoms with Gasteiger partial charge in [-0.15, -0.1) is 0 Å². The Morgan fingerprint density at radius 3 is 2.46 bits per heavy atom. The molecular weight excluding hydrogens is 330 g/mol. The monoisotopic (exact) mass is 349 g/mol. The van der Waals surface area contributed by atoms with Crippen molar-refractivity contribution in [1.29, 1.82) is 0 Å². The highest BCUT2D eigenvalue weighted by atomic mass is 35.5. The fourth-order valence-corrected chi connectivity index (χ4v) is 2.24. The van der Waals surface area contributed by atoms with Crippen LogP contribution < -0.4 is 10.6 Å². The Labute approximate surface area is 145 Å². The van der Waals surface area contributed by atoms with E-state index < -0.39 is 0 Å². The minimum Gasteiger partial charge on any atom is -0.356 e. The summed E-state index contributed by atoms with van der Waals surface area (Å²) in [7, 11) is 0. The number of carbonyl (C=O) groups excluding carboxylic acids is 2. The topological polar surface area (TPSA) is 84.2 Å². The SMILES string of the molecule is CC(=O)NCCCCNC(=O)Cc1cc(-c2ccc(Cl)cc2)on1. The largest absolute Gasteiger partial charge is 0.356 e. The highest BCUT2D eigenvalue weighted by Gasteiger charge is 2.10. The van der Waals surface area contributed by atoms with Crippen molar-refractivity contribution in [3.05, 3.63) is 41.0 Å². The number of amides is 2. The second-order valence-corrected chi connectivity index (χ2v) is 5.84. The summed E-state index contributed by atoms with van der Waals surface area (Å²) in [5.41, 5.74) is 1.44. The van der Waals surface area contributed by atoms with Crippen molar-refractivity contribution in [1.82, 2.24) is 15.8 Å². The Morgan fingerprint density at radius 2 is 1.79 bits per heavy atom. The Bertz CT molecular complexity index is 683. The maximum absolute atomic E-state index is 11.9. The van der Waals surface area contributed by atoms with Crippen molar-refractivity contribution in [2.75, 3.05) is 13.1 Å². The second-order valence-electron chi connectivity index (χ2n) is 5.41. The molecule has 0 saturated heterocycles. The van der Waals surface area contributed by atoms with Crippen LogP contribution in [-0.2, 0) is 16.0 Å². The quantitative estimate of drug-likeness (QED) is 0.717. The van der Waals surface area contributed by atoms with Crippen molar-refractivity contribution < 1.29 is 14.1 Å². The van der Waals surface area contributed by atoms with E-state index in [1.807, 2.05) is 12.1 Å². The first-order valence-corrected chi connectivity index (χ1v) is 8.15. The molecule has 2 rings (SSSR count). The van der Waals surface area contributed by atoms with Gasteiger partial charge in [0.15, 0.2) is 5.76 Å². The van der Waals surface area contributed by atoms with Gasteiger partial charge >= 0.3 is 0 Å². The van der Waals surface area contributed by atoms with E-state index in [-0.39, 0.29) is 18.2 Å². The number of hydrogen-bond donors (Lipinski definition) is 2. The normalized spacial score (nSPS) is 10.4. The van der Waals surface area contributed by atoms with Gasteiger partial charge in [-0.05, 0) is 37.1 Å². The first-order chi connectivity index (χ1) is 11.5. The molecule has 0 spiro atoms. The van der Waals surface area contributed by atoms with Gasteiger partial charge in [0, 0.05) is 36.7 Å². The number of aromatic nitrogens is 1. The van der Waals surface area contributed by atoms with Crippen molar-refractivity contribution in [3.8, 4) is 11.3 Å². The molecule has 0 aliphatic heterocycles. The third-order valence-electron chi connectivity index (χ3n) is 3.33. The van der Waals surface area contributed by atoms with Crippen LogP contribution in [0.3, 0.4) is 0 Å². The molecule has 6 nitrogen and oxygen atoms in total. The van der Waals surface area contributed by atoms with E-state index in [1.165, 1.54) is 6.92 Å². The zero-order valence-electron chi connectivity index (χ0n) is 13.5. The molecule has 0 atom stereocenters. The summed E-state index contributed by atoms with van der Waals surface area (Å²) in [6.45, 7) is 2.68. The summed E-state index contributed by atoms with van der Waals surface area (Å²) in [6, 6.07) is 8.96. The zero-order chi connectivity index (χ0) is 17.4. The Morgan fingerprint density at radius 1 is 1.12 bits per heavy atom. The maximum atomic E-state index is 11.9. The summed E-state index contributed by atoms with van der Waals surface area (Å²) in [5.74, 6) is 0.455. The molecule has 0 bridgehead atoms. The number of halogens is 1. The molecule has 1 heterocycles. The molecule has 0 aliphatic rings. The Hall–Kier alpha value is -2.34. The molecule has 0 aliphatic carbocycles. The lowest BCUT2D eigenvalue weighted by molar-refractivity contribution is -0.121. The molecule has 0 unspecified atom stereocenters. The van der Waals surface area contributed by atoms with E-state index in [1.54, 1.807) is 18.2 Å². The number of carbonyl (C=O) groups is 2. The molecule has 2 amide bonds. The highest BCUT2D eigenvalue weighted by molar-refractivity contribution is 6.30. The first kappa shape index (κ1) is 18.0. The molecule has 128 valence electrons. The Balaban J connectivity index is 1.72. The molecule has 7 heteroatoms. The minimum atomic E-state index is -0.106. The third kappa shape index (κ3) is 6.04. The molecule has 2 N–H and O–H groups in total. The fraction of sp³-hybridized carbons (Fsp3) is 0.353. The maximum Gasteiger partial charge on any atom is 0.226 e. The van der Waals surface area contributed by atoms with Gasteiger partial charge in [-0.25, -0.2) is 0 Å². The van der Waals surface area contributed by atoms with Gasteiger partial charge in [0.1, 0.15) is 0 Å². The smallest absolute Gasteiger partial charge is 0.226 e. The summed E-state index contributed by atoms with van der Waals surface area (Å²) in [4.78, 5) is 22.6. The van der Waals surface area contributed by atoms with Crippen LogP contribution in [0.5, 0.6) is 0 Å². The lowest BCUT2D eigenvalue weighted by Gasteiger charge is -2.04. The fourth-order valence-electron chi connectivity index (χ4n) is 2.11. The number of unbranched alkanes of at least 4 members (excludes halogenated alkanes) is 1. The van der Waals surface area contributed by atoms with Crippen LogP contribution in [0.1, 0.15) is 25.5 Å². The van der Waals surface area contributed by atoms with Crippen LogP contribution in [0, 0.1) is 0 Å². The van der Waals surface area contributed by atoms with E-state index in [9.17, 15) is 9.59 Å². The van der Waals surface area contributed by atoms with E-state index in [2.05, 4.69) is 15.8 Å². The van der Waals surface area contributed by atoms with Gasteiger partial charge in [-0.2, -0.15) is 0 Å². The van der Waals surface area contributed by atoms with Gasteiger partial charge in [-0.1, -0.05) is 16.8 Å². The third-order valence-corrected chi connectivity index (χ3v) is 3.58. The first-order valence-electron chi connectivity index (χ1n) is 7.77. The number of nitrogens with one attached hydrogen (secondary N) is 2.